The number of rotatable bonds is 3. The van der Waals surface area contributed by atoms with Crippen LogP contribution in [-0.4, -0.2) is 20.9 Å². The van der Waals surface area contributed by atoms with Gasteiger partial charge >= 0.3 is 5.97 Å². The van der Waals surface area contributed by atoms with Crippen LogP contribution in [0.1, 0.15) is 27.3 Å². The van der Waals surface area contributed by atoms with Gasteiger partial charge in [-0.25, -0.2) is 9.48 Å². The van der Waals surface area contributed by atoms with Gasteiger partial charge < -0.3 is 10.8 Å². The standard InChI is InChI=1S/C13H15N3O2/c1-8-12(7-14)9(2)16(15-8)11-5-3-4-10(6-11)13(17)18/h3-6H,7,14H2,1-2H3,(H,17,18). The summed E-state index contributed by atoms with van der Waals surface area (Å²) in [6, 6.07) is 6.69. The summed E-state index contributed by atoms with van der Waals surface area (Å²) < 4.78 is 1.73. The number of aryl methyl sites for hydroxylation is 1. The number of nitrogens with two attached hydrogens (primary N) is 1. The highest BCUT2D eigenvalue weighted by atomic mass is 16.4. The van der Waals surface area contributed by atoms with Crippen molar-refractivity contribution in [3.63, 3.8) is 0 Å². The third-order valence-corrected chi connectivity index (χ3v) is 2.98. The predicted molar refractivity (Wildman–Crippen MR) is 67.9 cm³/mol. The van der Waals surface area contributed by atoms with Gasteiger partial charge in [-0.15, -0.1) is 0 Å². The zero-order valence-electron chi connectivity index (χ0n) is 10.3. The van der Waals surface area contributed by atoms with Crippen molar-refractivity contribution < 1.29 is 9.90 Å². The van der Waals surface area contributed by atoms with Gasteiger partial charge in [0.15, 0.2) is 0 Å². The first kappa shape index (κ1) is 12.3. The Hall–Kier alpha value is -2.14. The molecule has 0 aliphatic carbocycles. The fourth-order valence-corrected chi connectivity index (χ4v) is 1.99. The van der Waals surface area contributed by atoms with Gasteiger partial charge in [0, 0.05) is 17.8 Å². The number of benzene rings is 1. The minimum atomic E-state index is -0.947. The highest BCUT2D eigenvalue weighted by Gasteiger charge is 2.12. The van der Waals surface area contributed by atoms with Crippen molar-refractivity contribution in [2.24, 2.45) is 5.73 Å². The van der Waals surface area contributed by atoms with Crippen LogP contribution >= 0.6 is 0 Å². The van der Waals surface area contributed by atoms with E-state index >= 15 is 0 Å². The Morgan fingerprint density at radius 3 is 2.72 bits per heavy atom. The first-order valence-electron chi connectivity index (χ1n) is 5.63. The zero-order valence-corrected chi connectivity index (χ0v) is 10.3. The number of hydrogen-bond donors (Lipinski definition) is 2. The van der Waals surface area contributed by atoms with Crippen LogP contribution < -0.4 is 5.73 Å². The highest BCUT2D eigenvalue weighted by Crippen LogP contribution is 2.18. The second kappa shape index (κ2) is 4.62. The van der Waals surface area contributed by atoms with Crippen LogP contribution in [-0.2, 0) is 6.54 Å². The van der Waals surface area contributed by atoms with E-state index in [1.165, 1.54) is 0 Å². The van der Waals surface area contributed by atoms with E-state index in [2.05, 4.69) is 5.10 Å². The van der Waals surface area contributed by atoms with Gasteiger partial charge in [-0.1, -0.05) is 6.07 Å². The maximum absolute atomic E-state index is 10.9. The van der Waals surface area contributed by atoms with E-state index in [0.29, 0.717) is 6.54 Å². The van der Waals surface area contributed by atoms with Gasteiger partial charge in [0.05, 0.1) is 16.9 Å². The van der Waals surface area contributed by atoms with E-state index in [1.807, 2.05) is 19.9 Å². The molecule has 0 aliphatic heterocycles. The fraction of sp³-hybridized carbons (Fsp3) is 0.231. The molecular formula is C13H15N3O2. The zero-order chi connectivity index (χ0) is 13.3. The number of carboxylic acids is 1. The van der Waals surface area contributed by atoms with Gasteiger partial charge in [0.25, 0.3) is 0 Å². The number of hydrogen-bond acceptors (Lipinski definition) is 3. The Kier molecular flexibility index (Phi) is 3.16. The van der Waals surface area contributed by atoms with E-state index in [0.717, 1.165) is 22.6 Å². The number of carboxylic acid groups (broad SMARTS) is 1. The van der Waals surface area contributed by atoms with Crippen molar-refractivity contribution in [1.82, 2.24) is 9.78 Å². The number of aromatic nitrogens is 2. The molecule has 0 bridgehead atoms. The van der Waals surface area contributed by atoms with Crippen molar-refractivity contribution in [2.75, 3.05) is 0 Å². The summed E-state index contributed by atoms with van der Waals surface area (Å²) in [5, 5.41) is 13.4. The van der Waals surface area contributed by atoms with Crippen molar-refractivity contribution in [3.8, 4) is 5.69 Å². The summed E-state index contributed by atoms with van der Waals surface area (Å²) in [5.41, 5.74) is 9.46. The molecule has 5 heteroatoms. The maximum Gasteiger partial charge on any atom is 0.335 e. The fourth-order valence-electron chi connectivity index (χ4n) is 1.99. The maximum atomic E-state index is 10.9. The van der Waals surface area contributed by atoms with E-state index in [4.69, 9.17) is 10.8 Å². The van der Waals surface area contributed by atoms with Crippen molar-refractivity contribution >= 4 is 5.97 Å². The van der Waals surface area contributed by atoms with Gasteiger partial charge in [0.2, 0.25) is 0 Å². The molecule has 1 aromatic carbocycles. The lowest BCUT2D eigenvalue weighted by atomic mass is 10.2. The first-order chi connectivity index (χ1) is 8.54. The Morgan fingerprint density at radius 2 is 2.17 bits per heavy atom. The molecule has 0 fully saturated rings. The SMILES string of the molecule is Cc1nn(-c2cccc(C(=O)O)c2)c(C)c1CN. The minimum absolute atomic E-state index is 0.245. The minimum Gasteiger partial charge on any atom is -0.478 e. The van der Waals surface area contributed by atoms with Gasteiger partial charge in [-0.2, -0.15) is 5.10 Å². The predicted octanol–water partition coefficient (Wildman–Crippen LogP) is 1.65. The van der Waals surface area contributed by atoms with Crippen molar-refractivity contribution in [3.05, 3.63) is 46.8 Å². The Balaban J connectivity index is 2.55. The largest absolute Gasteiger partial charge is 0.478 e. The summed E-state index contributed by atoms with van der Waals surface area (Å²) in [6.07, 6.45) is 0. The van der Waals surface area contributed by atoms with Crippen LogP contribution in [0, 0.1) is 13.8 Å². The number of carbonyl (C=O) groups is 1. The van der Waals surface area contributed by atoms with E-state index < -0.39 is 5.97 Å². The summed E-state index contributed by atoms with van der Waals surface area (Å²) in [5.74, 6) is -0.947. The molecule has 0 aliphatic rings. The van der Waals surface area contributed by atoms with Gasteiger partial charge in [-0.05, 0) is 32.0 Å². The van der Waals surface area contributed by atoms with E-state index in [-0.39, 0.29) is 5.56 Å². The van der Waals surface area contributed by atoms with Crippen LogP contribution in [0.15, 0.2) is 24.3 Å². The van der Waals surface area contributed by atoms with Crippen LogP contribution in [0.25, 0.3) is 5.69 Å². The first-order valence-corrected chi connectivity index (χ1v) is 5.63. The van der Waals surface area contributed by atoms with E-state index in [1.54, 1.807) is 22.9 Å². The lowest BCUT2D eigenvalue weighted by Crippen LogP contribution is -2.04. The summed E-state index contributed by atoms with van der Waals surface area (Å²) >= 11 is 0. The molecule has 2 aromatic rings. The summed E-state index contributed by atoms with van der Waals surface area (Å²) in [7, 11) is 0. The molecule has 3 N–H and O–H groups in total. The Labute approximate surface area is 105 Å². The smallest absolute Gasteiger partial charge is 0.335 e. The Morgan fingerprint density at radius 1 is 1.44 bits per heavy atom. The lowest BCUT2D eigenvalue weighted by Gasteiger charge is -2.05. The number of aromatic carboxylic acids is 1. The Bertz CT molecular complexity index is 602. The molecule has 0 amide bonds. The molecule has 0 spiro atoms. The molecule has 1 aromatic heterocycles. The molecular weight excluding hydrogens is 230 g/mol. The summed E-state index contributed by atoms with van der Waals surface area (Å²) in [6.45, 7) is 4.25. The van der Waals surface area contributed by atoms with Gasteiger partial charge in [-0.3, -0.25) is 0 Å². The van der Waals surface area contributed by atoms with Crippen LogP contribution in [0.5, 0.6) is 0 Å². The molecule has 1 heterocycles. The highest BCUT2D eigenvalue weighted by molar-refractivity contribution is 5.88. The van der Waals surface area contributed by atoms with Crippen LogP contribution in [0.4, 0.5) is 0 Å². The molecule has 2 rings (SSSR count). The molecule has 0 saturated heterocycles. The average molecular weight is 245 g/mol. The molecule has 0 atom stereocenters. The molecule has 18 heavy (non-hydrogen) atoms. The second-order valence-electron chi connectivity index (χ2n) is 4.12. The molecule has 5 nitrogen and oxygen atoms in total. The third-order valence-electron chi connectivity index (χ3n) is 2.98. The van der Waals surface area contributed by atoms with Crippen molar-refractivity contribution in [1.29, 1.82) is 0 Å². The van der Waals surface area contributed by atoms with Crippen molar-refractivity contribution in [2.45, 2.75) is 20.4 Å². The lowest BCUT2D eigenvalue weighted by molar-refractivity contribution is 0.0697. The van der Waals surface area contributed by atoms with Crippen LogP contribution in [0.2, 0.25) is 0 Å². The summed E-state index contributed by atoms with van der Waals surface area (Å²) in [4.78, 5) is 10.9. The second-order valence-corrected chi connectivity index (χ2v) is 4.12. The molecule has 94 valence electrons. The molecule has 0 radical (unpaired) electrons. The number of nitrogens with zero attached hydrogens (tertiary/aromatic N) is 2. The van der Waals surface area contributed by atoms with E-state index in [9.17, 15) is 4.79 Å². The third kappa shape index (κ3) is 2.00. The normalized spacial score (nSPS) is 10.6. The topological polar surface area (TPSA) is 81.1 Å². The molecule has 0 unspecified atom stereocenters. The average Bonchev–Trinajstić information content (AvgIpc) is 2.64. The van der Waals surface area contributed by atoms with Crippen LogP contribution in [0.3, 0.4) is 0 Å². The monoisotopic (exact) mass is 245 g/mol. The molecule has 0 saturated carbocycles. The quantitative estimate of drug-likeness (QED) is 0.861. The van der Waals surface area contributed by atoms with Gasteiger partial charge in [0.1, 0.15) is 0 Å².